The second-order valence-corrected chi connectivity index (χ2v) is 8.74. The summed E-state index contributed by atoms with van der Waals surface area (Å²) in [6, 6.07) is 7.78. The van der Waals surface area contributed by atoms with Crippen LogP contribution in [0.4, 0.5) is 10.7 Å². The van der Waals surface area contributed by atoms with Crippen molar-refractivity contribution in [3.8, 4) is 0 Å². The lowest BCUT2D eigenvalue weighted by atomic mass is 10.1. The normalized spacial score (nSPS) is 12.1. The molecule has 0 spiro atoms. The van der Waals surface area contributed by atoms with E-state index in [9.17, 15) is 19.2 Å². The van der Waals surface area contributed by atoms with Gasteiger partial charge < -0.3 is 24.5 Å². The molecule has 9 nitrogen and oxygen atoms in total. The third kappa shape index (κ3) is 4.86. The molecule has 2 N–H and O–H groups in total. The molecule has 0 unspecified atom stereocenters. The molecule has 0 bridgehead atoms. The molecule has 34 heavy (non-hydrogen) atoms. The Hall–Kier alpha value is -3.92. The van der Waals surface area contributed by atoms with Crippen molar-refractivity contribution in [3.63, 3.8) is 0 Å². The molecule has 0 radical (unpaired) electrons. The quantitative estimate of drug-likeness (QED) is 0.488. The van der Waals surface area contributed by atoms with Gasteiger partial charge >= 0.3 is 11.9 Å². The van der Waals surface area contributed by atoms with Gasteiger partial charge in [-0.25, -0.2) is 9.59 Å². The standard InChI is InChI=1S/C24H22N2O7S/c1-13-8-9-14(11-16(13)25-21(28)17-6-4-10-32-17)23(29)33-12-19(27)26-22-20(24(30)31-2)15-5-3-7-18(15)34-22/h4,6,8-11H,3,5,7,12H2,1-2H3,(H,25,28)(H,26,27). The third-order valence-electron chi connectivity index (χ3n) is 5.36. The number of thiophene rings is 1. The number of carbonyl (C=O) groups excluding carboxylic acids is 4. The van der Waals surface area contributed by atoms with Crippen LogP contribution in [0.15, 0.2) is 41.0 Å². The molecule has 0 saturated carbocycles. The largest absolute Gasteiger partial charge is 0.465 e. The van der Waals surface area contributed by atoms with Crippen molar-refractivity contribution in [3.05, 3.63) is 69.5 Å². The van der Waals surface area contributed by atoms with E-state index >= 15 is 0 Å². The fourth-order valence-corrected chi connectivity index (χ4v) is 4.96. The molecule has 2 aromatic heterocycles. The molecule has 1 aliphatic rings. The summed E-state index contributed by atoms with van der Waals surface area (Å²) < 4.78 is 15.1. The van der Waals surface area contributed by atoms with E-state index in [1.54, 1.807) is 19.1 Å². The van der Waals surface area contributed by atoms with Crippen LogP contribution in [-0.4, -0.2) is 37.5 Å². The van der Waals surface area contributed by atoms with Gasteiger partial charge in [-0.05, 0) is 61.6 Å². The summed E-state index contributed by atoms with van der Waals surface area (Å²) in [6.45, 7) is 1.24. The summed E-state index contributed by atoms with van der Waals surface area (Å²) in [7, 11) is 1.29. The molecule has 2 amide bonds. The Morgan fingerprint density at radius 2 is 1.91 bits per heavy atom. The fourth-order valence-electron chi connectivity index (χ4n) is 3.66. The lowest BCUT2D eigenvalue weighted by Gasteiger charge is -2.10. The van der Waals surface area contributed by atoms with E-state index in [-0.39, 0.29) is 11.3 Å². The van der Waals surface area contributed by atoms with E-state index in [1.807, 2.05) is 0 Å². The topological polar surface area (TPSA) is 124 Å². The number of furan rings is 1. The van der Waals surface area contributed by atoms with E-state index in [4.69, 9.17) is 13.9 Å². The first-order valence-corrected chi connectivity index (χ1v) is 11.3. The highest BCUT2D eigenvalue weighted by atomic mass is 32.1. The Morgan fingerprint density at radius 1 is 1.09 bits per heavy atom. The minimum absolute atomic E-state index is 0.134. The second kappa shape index (κ2) is 9.92. The van der Waals surface area contributed by atoms with Gasteiger partial charge in [0.15, 0.2) is 12.4 Å². The van der Waals surface area contributed by atoms with Gasteiger partial charge in [-0.1, -0.05) is 6.07 Å². The lowest BCUT2D eigenvalue weighted by molar-refractivity contribution is -0.119. The average Bonchev–Trinajstić information content (AvgIpc) is 3.56. The number of hydrogen-bond acceptors (Lipinski definition) is 8. The molecule has 3 aromatic rings. The Kier molecular flexibility index (Phi) is 6.78. The van der Waals surface area contributed by atoms with Crippen LogP contribution < -0.4 is 10.6 Å². The maximum absolute atomic E-state index is 12.5. The highest BCUT2D eigenvalue weighted by Gasteiger charge is 2.28. The maximum Gasteiger partial charge on any atom is 0.341 e. The third-order valence-corrected chi connectivity index (χ3v) is 6.57. The molecule has 0 saturated heterocycles. The van der Waals surface area contributed by atoms with Crippen LogP contribution in [0.25, 0.3) is 0 Å². The number of carbonyl (C=O) groups is 4. The first-order chi connectivity index (χ1) is 16.4. The van der Waals surface area contributed by atoms with Crippen LogP contribution in [0.3, 0.4) is 0 Å². The fraction of sp³-hybridized carbons (Fsp3) is 0.250. The molecule has 176 valence electrons. The first kappa shape index (κ1) is 23.2. The smallest absolute Gasteiger partial charge is 0.341 e. The zero-order chi connectivity index (χ0) is 24.2. The highest BCUT2D eigenvalue weighted by Crippen LogP contribution is 2.39. The molecule has 0 fully saturated rings. The molecule has 10 heteroatoms. The number of fused-ring (bicyclic) bond motifs is 1. The zero-order valence-electron chi connectivity index (χ0n) is 18.6. The van der Waals surface area contributed by atoms with Crippen LogP contribution in [0.1, 0.15) is 53.7 Å². The zero-order valence-corrected chi connectivity index (χ0v) is 19.4. The van der Waals surface area contributed by atoms with Gasteiger partial charge in [-0.15, -0.1) is 11.3 Å². The average molecular weight is 483 g/mol. The number of nitrogens with one attached hydrogen (secondary N) is 2. The monoisotopic (exact) mass is 482 g/mol. The predicted octanol–water partition coefficient (Wildman–Crippen LogP) is 3.97. The lowest BCUT2D eigenvalue weighted by Crippen LogP contribution is -2.22. The molecular weight excluding hydrogens is 460 g/mol. The van der Waals surface area contributed by atoms with Crippen molar-refractivity contribution in [2.45, 2.75) is 26.2 Å². The van der Waals surface area contributed by atoms with Crippen molar-refractivity contribution in [1.82, 2.24) is 0 Å². The van der Waals surface area contributed by atoms with Gasteiger partial charge in [0.05, 0.1) is 24.5 Å². The summed E-state index contributed by atoms with van der Waals surface area (Å²) in [5, 5.41) is 5.74. The van der Waals surface area contributed by atoms with Crippen molar-refractivity contribution < 1.29 is 33.1 Å². The Bertz CT molecular complexity index is 1260. The van der Waals surface area contributed by atoms with Crippen LogP contribution in [0.2, 0.25) is 0 Å². The number of methoxy groups -OCH3 is 1. The number of hydrogen-bond donors (Lipinski definition) is 2. The van der Waals surface area contributed by atoms with Crippen molar-refractivity contribution >= 4 is 45.8 Å². The van der Waals surface area contributed by atoms with E-state index in [1.165, 1.54) is 42.9 Å². The Morgan fingerprint density at radius 3 is 2.65 bits per heavy atom. The molecule has 2 heterocycles. The molecule has 1 aromatic carbocycles. The number of amides is 2. The SMILES string of the molecule is COC(=O)c1c(NC(=O)COC(=O)c2ccc(C)c(NC(=O)c3ccco3)c2)sc2c1CCC2. The van der Waals surface area contributed by atoms with E-state index in [2.05, 4.69) is 10.6 Å². The van der Waals surface area contributed by atoms with E-state index in [0.717, 1.165) is 35.3 Å². The minimum Gasteiger partial charge on any atom is -0.465 e. The van der Waals surface area contributed by atoms with Gasteiger partial charge in [0.25, 0.3) is 11.8 Å². The summed E-state index contributed by atoms with van der Waals surface area (Å²) >= 11 is 1.34. The number of esters is 2. The van der Waals surface area contributed by atoms with Crippen LogP contribution >= 0.6 is 11.3 Å². The number of anilines is 2. The Balaban J connectivity index is 1.39. The van der Waals surface area contributed by atoms with Crippen molar-refractivity contribution in [2.24, 2.45) is 0 Å². The van der Waals surface area contributed by atoms with Gasteiger partial charge in [0, 0.05) is 10.6 Å². The maximum atomic E-state index is 12.5. The summed E-state index contributed by atoms with van der Waals surface area (Å²) in [6.07, 6.45) is 3.95. The molecule has 4 rings (SSSR count). The van der Waals surface area contributed by atoms with Crippen molar-refractivity contribution in [2.75, 3.05) is 24.4 Å². The number of rotatable bonds is 7. The highest BCUT2D eigenvalue weighted by molar-refractivity contribution is 7.17. The summed E-state index contributed by atoms with van der Waals surface area (Å²) in [4.78, 5) is 50.4. The van der Waals surface area contributed by atoms with Gasteiger partial charge in [-0.2, -0.15) is 0 Å². The number of benzene rings is 1. The summed E-state index contributed by atoms with van der Waals surface area (Å²) in [5.41, 5.74) is 2.59. The Labute approximate surface area is 199 Å². The first-order valence-electron chi connectivity index (χ1n) is 10.5. The van der Waals surface area contributed by atoms with E-state index < -0.39 is 30.4 Å². The van der Waals surface area contributed by atoms with Gasteiger partial charge in [0.1, 0.15) is 5.00 Å². The predicted molar refractivity (Wildman–Crippen MR) is 124 cm³/mol. The number of ether oxygens (including phenoxy) is 2. The number of aryl methyl sites for hydroxylation is 2. The van der Waals surface area contributed by atoms with E-state index in [0.29, 0.717) is 16.3 Å². The van der Waals surface area contributed by atoms with Gasteiger partial charge in [0.2, 0.25) is 0 Å². The van der Waals surface area contributed by atoms with Gasteiger partial charge in [-0.3, -0.25) is 9.59 Å². The molecule has 1 aliphatic carbocycles. The van der Waals surface area contributed by atoms with Crippen LogP contribution in [-0.2, 0) is 27.1 Å². The van der Waals surface area contributed by atoms with Crippen LogP contribution in [0, 0.1) is 6.92 Å². The van der Waals surface area contributed by atoms with Crippen LogP contribution in [0.5, 0.6) is 0 Å². The van der Waals surface area contributed by atoms with Crippen molar-refractivity contribution in [1.29, 1.82) is 0 Å². The molecule has 0 atom stereocenters. The molecule has 0 aliphatic heterocycles. The summed E-state index contributed by atoms with van der Waals surface area (Å²) in [5.74, 6) is -2.13. The minimum atomic E-state index is -0.731. The molecular formula is C24H22N2O7S. The second-order valence-electron chi connectivity index (χ2n) is 7.64.